The van der Waals surface area contributed by atoms with Crippen molar-refractivity contribution in [2.24, 2.45) is 0 Å². The summed E-state index contributed by atoms with van der Waals surface area (Å²) in [4.78, 5) is 14.0. The highest BCUT2D eigenvalue weighted by Gasteiger charge is 2.16. The molecule has 2 aromatic carbocycles. The van der Waals surface area contributed by atoms with Gasteiger partial charge >= 0.3 is 0 Å². The molecular formula is C20H26N2O4S. The second kappa shape index (κ2) is 8.54. The molecule has 0 saturated heterocycles. The number of aryl methyl sites for hydroxylation is 1. The molecule has 0 bridgehead atoms. The van der Waals surface area contributed by atoms with Crippen molar-refractivity contribution in [1.82, 2.24) is 10.3 Å². The van der Waals surface area contributed by atoms with Gasteiger partial charge in [-0.15, -0.1) is 4.83 Å². The molecule has 146 valence electrons. The van der Waals surface area contributed by atoms with E-state index >= 15 is 0 Å². The molecule has 0 aromatic heterocycles. The number of carbonyl (C=O) groups excluding carboxylic acids is 1. The molecule has 0 aliphatic carbocycles. The monoisotopic (exact) mass is 390 g/mol. The molecule has 0 radical (unpaired) electrons. The van der Waals surface area contributed by atoms with Gasteiger partial charge in [0.1, 0.15) is 5.75 Å². The number of hydrogen-bond acceptors (Lipinski definition) is 4. The molecule has 0 aliphatic rings. The summed E-state index contributed by atoms with van der Waals surface area (Å²) in [6.07, 6.45) is 0.818. The van der Waals surface area contributed by atoms with Crippen molar-refractivity contribution < 1.29 is 17.9 Å². The number of amides is 1. The summed E-state index contributed by atoms with van der Waals surface area (Å²) in [5.74, 6) is -0.0557. The largest absolute Gasteiger partial charge is 0.484 e. The highest BCUT2D eigenvalue weighted by molar-refractivity contribution is 7.89. The molecule has 0 atom stereocenters. The van der Waals surface area contributed by atoms with Gasteiger partial charge in [-0.25, -0.2) is 8.42 Å². The average Bonchev–Trinajstić information content (AvgIpc) is 2.64. The zero-order valence-electron chi connectivity index (χ0n) is 16.1. The highest BCUT2D eigenvalue weighted by atomic mass is 32.2. The number of rotatable bonds is 7. The minimum Gasteiger partial charge on any atom is -0.484 e. The summed E-state index contributed by atoms with van der Waals surface area (Å²) in [6.45, 7) is 8.01. The minimum absolute atomic E-state index is 0.0313. The van der Waals surface area contributed by atoms with Crippen LogP contribution in [0.15, 0.2) is 53.4 Å². The molecule has 0 unspecified atom stereocenters. The molecule has 6 nitrogen and oxygen atoms in total. The zero-order valence-corrected chi connectivity index (χ0v) is 16.9. The fraction of sp³-hybridized carbons (Fsp3) is 0.350. The van der Waals surface area contributed by atoms with Gasteiger partial charge < -0.3 is 4.74 Å². The van der Waals surface area contributed by atoms with E-state index in [1.54, 1.807) is 24.3 Å². The summed E-state index contributed by atoms with van der Waals surface area (Å²) in [5, 5.41) is 0. The number of nitrogens with one attached hydrogen (secondary N) is 2. The lowest BCUT2D eigenvalue weighted by atomic mass is 9.87. The molecule has 2 rings (SSSR count). The van der Waals surface area contributed by atoms with E-state index in [1.165, 1.54) is 12.1 Å². The lowest BCUT2D eigenvalue weighted by Crippen LogP contribution is -2.43. The molecule has 1 amide bonds. The first-order valence-corrected chi connectivity index (χ1v) is 10.2. The second-order valence-electron chi connectivity index (χ2n) is 7.21. The van der Waals surface area contributed by atoms with E-state index in [0.29, 0.717) is 5.75 Å². The normalized spacial score (nSPS) is 11.9. The van der Waals surface area contributed by atoms with Crippen LogP contribution in [0.3, 0.4) is 0 Å². The van der Waals surface area contributed by atoms with Crippen LogP contribution < -0.4 is 15.0 Å². The molecule has 0 heterocycles. The van der Waals surface area contributed by atoms with E-state index < -0.39 is 15.9 Å². The number of sulfonamides is 1. The van der Waals surface area contributed by atoms with Crippen molar-refractivity contribution in [2.45, 2.75) is 44.4 Å². The molecule has 0 saturated carbocycles. The number of hydrazine groups is 1. The van der Waals surface area contributed by atoms with Crippen molar-refractivity contribution in [3.8, 4) is 5.75 Å². The Bertz CT molecular complexity index is 868. The van der Waals surface area contributed by atoms with Gasteiger partial charge in [-0.3, -0.25) is 10.2 Å². The Morgan fingerprint density at radius 1 is 1.00 bits per heavy atom. The van der Waals surface area contributed by atoms with Gasteiger partial charge in [-0.05, 0) is 47.2 Å². The summed E-state index contributed by atoms with van der Waals surface area (Å²) in [6, 6.07) is 13.9. The second-order valence-corrected chi connectivity index (χ2v) is 8.90. The van der Waals surface area contributed by atoms with Crippen LogP contribution in [-0.4, -0.2) is 20.9 Å². The van der Waals surface area contributed by atoms with Gasteiger partial charge in [0.15, 0.2) is 6.61 Å². The van der Waals surface area contributed by atoms with Crippen molar-refractivity contribution >= 4 is 15.9 Å². The van der Waals surface area contributed by atoms with Gasteiger partial charge in [0, 0.05) is 0 Å². The Balaban J connectivity index is 1.86. The first-order chi connectivity index (χ1) is 12.6. The third kappa shape index (κ3) is 6.08. The van der Waals surface area contributed by atoms with Gasteiger partial charge in [-0.2, -0.15) is 0 Å². The molecule has 2 aromatic rings. The Hall–Kier alpha value is -2.38. The number of ether oxygens (including phenoxy) is 1. The fourth-order valence-electron chi connectivity index (χ4n) is 2.32. The van der Waals surface area contributed by atoms with Gasteiger partial charge in [0.2, 0.25) is 0 Å². The number of benzene rings is 2. The number of hydrogen-bond donors (Lipinski definition) is 2. The molecule has 7 heteroatoms. The Labute approximate surface area is 161 Å². The molecule has 27 heavy (non-hydrogen) atoms. The zero-order chi connectivity index (χ0) is 20.1. The van der Waals surface area contributed by atoms with Crippen LogP contribution >= 0.6 is 0 Å². The van der Waals surface area contributed by atoms with E-state index in [4.69, 9.17) is 4.74 Å². The quantitative estimate of drug-likeness (QED) is 0.712. The predicted octanol–water partition coefficient (Wildman–Crippen LogP) is 2.94. The molecule has 0 fully saturated rings. The Morgan fingerprint density at radius 2 is 1.59 bits per heavy atom. The van der Waals surface area contributed by atoms with Crippen LogP contribution in [-0.2, 0) is 26.7 Å². The van der Waals surface area contributed by atoms with Crippen molar-refractivity contribution in [1.29, 1.82) is 0 Å². The topological polar surface area (TPSA) is 84.5 Å². The van der Waals surface area contributed by atoms with Crippen LogP contribution in [0.4, 0.5) is 0 Å². The van der Waals surface area contributed by atoms with E-state index in [-0.39, 0.29) is 16.9 Å². The third-order valence-corrected chi connectivity index (χ3v) is 5.32. The van der Waals surface area contributed by atoms with Crippen molar-refractivity contribution in [3.63, 3.8) is 0 Å². The molecule has 0 aliphatic heterocycles. The van der Waals surface area contributed by atoms with E-state index in [2.05, 4.69) is 31.0 Å². The van der Waals surface area contributed by atoms with Gasteiger partial charge in [-0.1, -0.05) is 52.0 Å². The van der Waals surface area contributed by atoms with Crippen LogP contribution in [0, 0.1) is 0 Å². The van der Waals surface area contributed by atoms with Crippen LogP contribution in [0.1, 0.15) is 38.8 Å². The maximum atomic E-state index is 12.2. The smallest absolute Gasteiger partial charge is 0.272 e. The lowest BCUT2D eigenvalue weighted by Gasteiger charge is -2.19. The van der Waals surface area contributed by atoms with Crippen LogP contribution in [0.2, 0.25) is 0 Å². The van der Waals surface area contributed by atoms with Crippen LogP contribution in [0.5, 0.6) is 5.75 Å². The fourth-order valence-corrected chi connectivity index (χ4v) is 3.18. The predicted molar refractivity (Wildman–Crippen MR) is 105 cm³/mol. The van der Waals surface area contributed by atoms with Crippen molar-refractivity contribution in [3.05, 3.63) is 59.7 Å². The van der Waals surface area contributed by atoms with E-state index in [1.807, 2.05) is 19.1 Å². The van der Waals surface area contributed by atoms with E-state index in [9.17, 15) is 13.2 Å². The third-order valence-electron chi connectivity index (χ3n) is 4.06. The molecular weight excluding hydrogens is 364 g/mol. The van der Waals surface area contributed by atoms with Crippen LogP contribution in [0.25, 0.3) is 0 Å². The number of carbonyl (C=O) groups is 1. The first kappa shape index (κ1) is 20.9. The van der Waals surface area contributed by atoms with Crippen molar-refractivity contribution in [2.75, 3.05) is 6.61 Å². The Kier molecular flexibility index (Phi) is 6.62. The van der Waals surface area contributed by atoms with E-state index in [0.717, 1.165) is 17.5 Å². The average molecular weight is 391 g/mol. The summed E-state index contributed by atoms with van der Waals surface area (Å²) in [5.41, 5.74) is 4.37. The summed E-state index contributed by atoms with van der Waals surface area (Å²) < 4.78 is 29.7. The van der Waals surface area contributed by atoms with Gasteiger partial charge in [0.25, 0.3) is 15.9 Å². The van der Waals surface area contributed by atoms with Gasteiger partial charge in [0.05, 0.1) is 4.90 Å². The standard InChI is InChI=1S/C20H26N2O4S/c1-5-15-6-12-18(13-7-15)27(24,25)22-21-19(23)14-26-17-10-8-16(9-11-17)20(2,3)4/h6-13,22H,5,14H2,1-4H3,(H,21,23). The summed E-state index contributed by atoms with van der Waals surface area (Å²) in [7, 11) is -3.82. The Morgan fingerprint density at radius 3 is 2.11 bits per heavy atom. The highest BCUT2D eigenvalue weighted by Crippen LogP contribution is 2.24. The maximum Gasteiger partial charge on any atom is 0.272 e. The maximum absolute atomic E-state index is 12.2. The first-order valence-electron chi connectivity index (χ1n) is 8.75. The molecule has 2 N–H and O–H groups in total. The SMILES string of the molecule is CCc1ccc(S(=O)(=O)NNC(=O)COc2ccc(C(C)(C)C)cc2)cc1. The molecule has 0 spiro atoms. The lowest BCUT2D eigenvalue weighted by molar-refractivity contribution is -0.123. The minimum atomic E-state index is -3.82. The summed E-state index contributed by atoms with van der Waals surface area (Å²) >= 11 is 0.